The van der Waals surface area contributed by atoms with E-state index in [0.717, 1.165) is 25.1 Å². The highest BCUT2D eigenvalue weighted by Crippen LogP contribution is 2.18. The third-order valence-electron chi connectivity index (χ3n) is 3.86. The van der Waals surface area contributed by atoms with Crippen LogP contribution in [0, 0.1) is 5.92 Å². The molecule has 3 rings (SSSR count). The molecule has 1 aromatic heterocycles. The second-order valence-electron chi connectivity index (χ2n) is 5.45. The highest BCUT2D eigenvalue weighted by atomic mass is 35.5. The van der Waals surface area contributed by atoms with Crippen molar-refractivity contribution in [1.82, 2.24) is 15.6 Å². The summed E-state index contributed by atoms with van der Waals surface area (Å²) in [6.45, 7) is 4.00. The minimum atomic E-state index is -0.167. The first-order chi connectivity index (χ1) is 10.2. The Labute approximate surface area is 135 Å². The molecule has 0 spiro atoms. The van der Waals surface area contributed by atoms with E-state index in [4.69, 9.17) is 4.42 Å². The van der Waals surface area contributed by atoms with Crippen molar-refractivity contribution in [2.24, 2.45) is 5.92 Å². The molecule has 22 heavy (non-hydrogen) atoms. The van der Waals surface area contributed by atoms with Gasteiger partial charge >= 0.3 is 0 Å². The van der Waals surface area contributed by atoms with E-state index in [1.165, 1.54) is 6.26 Å². The fraction of sp³-hybridized carbons (Fsp3) is 0.375. The van der Waals surface area contributed by atoms with E-state index in [-0.39, 0.29) is 24.4 Å². The van der Waals surface area contributed by atoms with Gasteiger partial charge in [-0.05, 0) is 37.6 Å². The number of carbonyl (C=O) groups is 1. The van der Waals surface area contributed by atoms with Crippen LogP contribution in [0.4, 0.5) is 0 Å². The number of hydrogen-bond donors (Lipinski definition) is 2. The van der Waals surface area contributed by atoms with Gasteiger partial charge in [0.2, 0.25) is 5.89 Å². The number of piperidine rings is 1. The van der Waals surface area contributed by atoms with Crippen LogP contribution < -0.4 is 10.6 Å². The Hall–Kier alpha value is -1.85. The lowest BCUT2D eigenvalue weighted by Crippen LogP contribution is -2.48. The van der Waals surface area contributed by atoms with Gasteiger partial charge in [0.25, 0.3) is 5.91 Å². The minimum Gasteiger partial charge on any atom is -0.444 e. The van der Waals surface area contributed by atoms with Crippen LogP contribution in [-0.2, 0) is 0 Å². The molecule has 2 heterocycles. The van der Waals surface area contributed by atoms with Gasteiger partial charge in [0.05, 0.1) is 0 Å². The predicted octanol–water partition coefficient (Wildman–Crippen LogP) is 2.49. The number of nitrogens with one attached hydrogen (secondary N) is 2. The molecule has 1 saturated heterocycles. The summed E-state index contributed by atoms with van der Waals surface area (Å²) < 4.78 is 5.40. The molecule has 1 amide bonds. The molecule has 1 fully saturated rings. The first kappa shape index (κ1) is 16.5. The standard InChI is InChI=1S/C16H19N3O2.ClH/c1-11-9-17-8-7-13(11)18-15(20)14-10-21-16(19-14)12-5-3-2-4-6-12;/h2-6,10-11,13,17H,7-9H2,1H3,(H,18,20);1H. The van der Waals surface area contributed by atoms with Gasteiger partial charge in [-0.2, -0.15) is 0 Å². The summed E-state index contributed by atoms with van der Waals surface area (Å²) in [6, 6.07) is 9.76. The summed E-state index contributed by atoms with van der Waals surface area (Å²) in [5.41, 5.74) is 1.20. The van der Waals surface area contributed by atoms with Crippen molar-refractivity contribution in [2.75, 3.05) is 13.1 Å². The monoisotopic (exact) mass is 321 g/mol. The van der Waals surface area contributed by atoms with Crippen molar-refractivity contribution in [3.8, 4) is 11.5 Å². The number of halogens is 1. The van der Waals surface area contributed by atoms with Gasteiger partial charge in [-0.25, -0.2) is 4.98 Å². The van der Waals surface area contributed by atoms with Crippen molar-refractivity contribution in [1.29, 1.82) is 0 Å². The zero-order valence-corrected chi connectivity index (χ0v) is 13.2. The molecule has 2 aromatic rings. The Morgan fingerprint density at radius 2 is 2.14 bits per heavy atom. The molecule has 2 N–H and O–H groups in total. The molecule has 0 aliphatic carbocycles. The SMILES string of the molecule is CC1CNCCC1NC(=O)c1coc(-c2ccccc2)n1.Cl. The minimum absolute atomic E-state index is 0. The number of benzene rings is 1. The van der Waals surface area contributed by atoms with E-state index >= 15 is 0 Å². The third-order valence-corrected chi connectivity index (χ3v) is 3.86. The molecule has 5 nitrogen and oxygen atoms in total. The largest absolute Gasteiger partial charge is 0.444 e. The summed E-state index contributed by atoms with van der Waals surface area (Å²) in [5, 5.41) is 6.37. The lowest BCUT2D eigenvalue weighted by molar-refractivity contribution is 0.0909. The molecule has 1 aliphatic rings. The molecule has 2 unspecified atom stereocenters. The van der Waals surface area contributed by atoms with Gasteiger partial charge in [0.15, 0.2) is 5.69 Å². The number of hydrogen-bond acceptors (Lipinski definition) is 4. The molecule has 0 bridgehead atoms. The molecule has 0 radical (unpaired) electrons. The second-order valence-corrected chi connectivity index (χ2v) is 5.45. The van der Waals surface area contributed by atoms with Crippen LogP contribution >= 0.6 is 12.4 Å². The Morgan fingerprint density at radius 1 is 1.36 bits per heavy atom. The van der Waals surface area contributed by atoms with E-state index in [0.29, 0.717) is 17.5 Å². The van der Waals surface area contributed by atoms with Crippen LogP contribution in [0.25, 0.3) is 11.5 Å². The molecule has 6 heteroatoms. The lowest BCUT2D eigenvalue weighted by atomic mass is 9.95. The van der Waals surface area contributed by atoms with Crippen LogP contribution in [0.2, 0.25) is 0 Å². The number of carbonyl (C=O) groups excluding carboxylic acids is 1. The first-order valence-corrected chi connectivity index (χ1v) is 7.26. The maximum atomic E-state index is 12.2. The zero-order valence-electron chi connectivity index (χ0n) is 12.4. The second kappa shape index (κ2) is 7.42. The third kappa shape index (κ3) is 3.67. The van der Waals surface area contributed by atoms with Crippen LogP contribution in [0.1, 0.15) is 23.8 Å². The van der Waals surface area contributed by atoms with Crippen LogP contribution in [0.5, 0.6) is 0 Å². The van der Waals surface area contributed by atoms with Crippen molar-refractivity contribution in [3.05, 3.63) is 42.3 Å². The van der Waals surface area contributed by atoms with Crippen LogP contribution in [-0.4, -0.2) is 30.0 Å². The number of amides is 1. The van der Waals surface area contributed by atoms with Crippen molar-refractivity contribution < 1.29 is 9.21 Å². The maximum absolute atomic E-state index is 12.2. The number of nitrogens with zero attached hydrogens (tertiary/aromatic N) is 1. The van der Waals surface area contributed by atoms with E-state index in [1.807, 2.05) is 30.3 Å². The first-order valence-electron chi connectivity index (χ1n) is 7.26. The molecule has 2 atom stereocenters. The molecule has 1 aromatic carbocycles. The van der Waals surface area contributed by atoms with Gasteiger partial charge in [0.1, 0.15) is 6.26 Å². The molecular formula is C16H20ClN3O2. The van der Waals surface area contributed by atoms with E-state index < -0.39 is 0 Å². The van der Waals surface area contributed by atoms with Gasteiger partial charge in [0, 0.05) is 11.6 Å². The average Bonchev–Trinajstić information content (AvgIpc) is 3.00. The molecule has 1 aliphatic heterocycles. The number of oxazole rings is 1. The maximum Gasteiger partial charge on any atom is 0.273 e. The van der Waals surface area contributed by atoms with Crippen LogP contribution in [0.15, 0.2) is 41.0 Å². The Balaban J connectivity index is 0.00000176. The number of rotatable bonds is 3. The van der Waals surface area contributed by atoms with Gasteiger partial charge < -0.3 is 15.1 Å². The number of aromatic nitrogens is 1. The summed E-state index contributed by atoms with van der Waals surface area (Å²) in [4.78, 5) is 16.5. The highest BCUT2D eigenvalue weighted by Gasteiger charge is 2.24. The summed E-state index contributed by atoms with van der Waals surface area (Å²) >= 11 is 0. The fourth-order valence-corrected chi connectivity index (χ4v) is 2.56. The van der Waals surface area contributed by atoms with E-state index in [2.05, 4.69) is 22.5 Å². The Morgan fingerprint density at radius 3 is 2.86 bits per heavy atom. The smallest absolute Gasteiger partial charge is 0.273 e. The summed E-state index contributed by atoms with van der Waals surface area (Å²) in [6.07, 6.45) is 2.36. The molecular weight excluding hydrogens is 302 g/mol. The summed E-state index contributed by atoms with van der Waals surface area (Å²) in [7, 11) is 0. The zero-order chi connectivity index (χ0) is 14.7. The van der Waals surface area contributed by atoms with Gasteiger partial charge in [-0.3, -0.25) is 4.79 Å². The van der Waals surface area contributed by atoms with Crippen molar-refractivity contribution >= 4 is 18.3 Å². The quantitative estimate of drug-likeness (QED) is 0.911. The molecule has 118 valence electrons. The topological polar surface area (TPSA) is 67.2 Å². The Kier molecular flexibility index (Phi) is 5.57. The van der Waals surface area contributed by atoms with Crippen LogP contribution in [0.3, 0.4) is 0 Å². The lowest BCUT2D eigenvalue weighted by Gasteiger charge is -2.29. The van der Waals surface area contributed by atoms with Gasteiger partial charge in [-0.15, -0.1) is 12.4 Å². The average molecular weight is 322 g/mol. The fourth-order valence-electron chi connectivity index (χ4n) is 2.56. The van der Waals surface area contributed by atoms with E-state index in [1.54, 1.807) is 0 Å². The normalized spacial score (nSPS) is 21.0. The molecule has 0 saturated carbocycles. The van der Waals surface area contributed by atoms with Gasteiger partial charge in [-0.1, -0.05) is 25.1 Å². The van der Waals surface area contributed by atoms with Crippen molar-refractivity contribution in [3.63, 3.8) is 0 Å². The predicted molar refractivity (Wildman–Crippen MR) is 87.1 cm³/mol. The summed E-state index contributed by atoms with van der Waals surface area (Å²) in [5.74, 6) is 0.724. The van der Waals surface area contributed by atoms with E-state index in [9.17, 15) is 4.79 Å². The highest BCUT2D eigenvalue weighted by molar-refractivity contribution is 5.92. The Bertz CT molecular complexity index is 615. The van der Waals surface area contributed by atoms with Crippen molar-refractivity contribution in [2.45, 2.75) is 19.4 Å².